The molecule has 1 unspecified atom stereocenters. The van der Waals surface area contributed by atoms with Crippen molar-refractivity contribution in [3.63, 3.8) is 0 Å². The highest BCUT2D eigenvalue weighted by Gasteiger charge is 2.49. The van der Waals surface area contributed by atoms with Gasteiger partial charge in [-0.05, 0) is 63.3 Å². The van der Waals surface area contributed by atoms with E-state index in [1.54, 1.807) is 0 Å². The zero-order chi connectivity index (χ0) is 14.0. The molecular weight excluding hydrogens is 238 g/mol. The van der Waals surface area contributed by atoms with Gasteiger partial charge in [0.15, 0.2) is 0 Å². The van der Waals surface area contributed by atoms with Crippen molar-refractivity contribution < 1.29 is 9.90 Å². The SMILES string of the molecule is CCC1(C(=O)O)CCCN1C1CCC(C(C)C)CC1. The molecule has 0 amide bonds. The van der Waals surface area contributed by atoms with Gasteiger partial charge in [-0.1, -0.05) is 20.8 Å². The Bertz CT molecular complexity index is 321. The summed E-state index contributed by atoms with van der Waals surface area (Å²) in [6.45, 7) is 7.65. The molecule has 110 valence electrons. The first kappa shape index (κ1) is 14.8. The van der Waals surface area contributed by atoms with Crippen LogP contribution < -0.4 is 0 Å². The lowest BCUT2D eigenvalue weighted by atomic mass is 9.78. The van der Waals surface area contributed by atoms with E-state index in [0.29, 0.717) is 6.04 Å². The molecule has 1 saturated carbocycles. The van der Waals surface area contributed by atoms with Crippen LogP contribution in [0.1, 0.15) is 65.7 Å². The van der Waals surface area contributed by atoms with Gasteiger partial charge in [0.2, 0.25) is 0 Å². The average Bonchev–Trinajstić information content (AvgIpc) is 2.83. The number of rotatable bonds is 4. The molecule has 1 saturated heterocycles. The number of carboxylic acids is 1. The Morgan fingerprint density at radius 2 is 1.95 bits per heavy atom. The van der Waals surface area contributed by atoms with E-state index in [-0.39, 0.29) is 0 Å². The summed E-state index contributed by atoms with van der Waals surface area (Å²) in [6.07, 6.45) is 7.56. The molecule has 0 bridgehead atoms. The lowest BCUT2D eigenvalue weighted by Gasteiger charge is -2.43. The molecule has 1 atom stereocenters. The Morgan fingerprint density at radius 3 is 2.42 bits per heavy atom. The van der Waals surface area contributed by atoms with Crippen LogP contribution in [0.15, 0.2) is 0 Å². The minimum absolute atomic E-state index is 0.508. The maximum atomic E-state index is 11.7. The van der Waals surface area contributed by atoms with E-state index in [4.69, 9.17) is 0 Å². The molecular formula is C16H29NO2. The van der Waals surface area contributed by atoms with E-state index >= 15 is 0 Å². The van der Waals surface area contributed by atoms with Crippen LogP contribution in [0.5, 0.6) is 0 Å². The zero-order valence-corrected chi connectivity index (χ0v) is 12.7. The van der Waals surface area contributed by atoms with Gasteiger partial charge in [0.1, 0.15) is 5.54 Å². The molecule has 0 aromatic rings. The maximum absolute atomic E-state index is 11.7. The minimum Gasteiger partial charge on any atom is -0.480 e. The third kappa shape index (κ3) is 2.67. The zero-order valence-electron chi connectivity index (χ0n) is 12.7. The van der Waals surface area contributed by atoms with Crippen molar-refractivity contribution in [2.45, 2.75) is 77.3 Å². The fourth-order valence-electron chi connectivity index (χ4n) is 4.27. The average molecular weight is 267 g/mol. The summed E-state index contributed by atoms with van der Waals surface area (Å²) < 4.78 is 0. The van der Waals surface area contributed by atoms with E-state index < -0.39 is 11.5 Å². The summed E-state index contributed by atoms with van der Waals surface area (Å²) in [4.78, 5) is 14.1. The van der Waals surface area contributed by atoms with Gasteiger partial charge in [-0.25, -0.2) is 0 Å². The normalized spacial score (nSPS) is 36.8. The summed E-state index contributed by atoms with van der Waals surface area (Å²) in [7, 11) is 0. The van der Waals surface area contributed by atoms with Crippen LogP contribution in [0.2, 0.25) is 0 Å². The first-order chi connectivity index (χ1) is 9.01. The van der Waals surface area contributed by atoms with Crippen LogP contribution >= 0.6 is 0 Å². The summed E-state index contributed by atoms with van der Waals surface area (Å²) in [5.74, 6) is 1.02. The standard InChI is InChI=1S/C16H29NO2/c1-4-16(15(18)19)10-5-11-17(16)14-8-6-13(7-9-14)12(2)3/h12-14H,4-11H2,1-3H3,(H,18,19). The molecule has 1 N–H and O–H groups in total. The highest BCUT2D eigenvalue weighted by Crippen LogP contribution is 2.40. The third-order valence-electron chi connectivity index (χ3n) is 5.65. The van der Waals surface area contributed by atoms with Crippen LogP contribution in [0.25, 0.3) is 0 Å². The van der Waals surface area contributed by atoms with E-state index in [9.17, 15) is 9.90 Å². The lowest BCUT2D eigenvalue weighted by Crippen LogP contribution is -2.55. The van der Waals surface area contributed by atoms with Gasteiger partial charge in [0.05, 0.1) is 0 Å². The van der Waals surface area contributed by atoms with E-state index in [1.807, 2.05) is 6.92 Å². The third-order valence-corrected chi connectivity index (χ3v) is 5.65. The Hall–Kier alpha value is -0.570. The Kier molecular flexibility index (Phi) is 4.54. The van der Waals surface area contributed by atoms with Gasteiger partial charge in [0, 0.05) is 6.04 Å². The molecule has 0 spiro atoms. The smallest absolute Gasteiger partial charge is 0.324 e. The van der Waals surface area contributed by atoms with Crippen LogP contribution in [0.4, 0.5) is 0 Å². The number of hydrogen-bond donors (Lipinski definition) is 1. The second kappa shape index (κ2) is 5.82. The molecule has 1 heterocycles. The number of carbonyl (C=O) groups is 1. The Labute approximate surface area is 117 Å². The van der Waals surface area contributed by atoms with Crippen LogP contribution in [0, 0.1) is 11.8 Å². The van der Waals surface area contributed by atoms with Gasteiger partial charge in [0.25, 0.3) is 0 Å². The molecule has 2 aliphatic rings. The first-order valence-corrected chi connectivity index (χ1v) is 8.01. The van der Waals surface area contributed by atoms with Crippen molar-refractivity contribution >= 4 is 5.97 Å². The Balaban J connectivity index is 2.04. The molecule has 2 rings (SSSR count). The second-order valence-electron chi connectivity index (χ2n) is 6.80. The molecule has 2 fully saturated rings. The molecule has 3 nitrogen and oxygen atoms in total. The van der Waals surface area contributed by atoms with E-state index in [1.165, 1.54) is 25.7 Å². The predicted octanol–water partition coefficient (Wildman–Crippen LogP) is 3.53. The molecule has 0 aromatic heterocycles. The van der Waals surface area contributed by atoms with E-state index in [0.717, 1.165) is 37.6 Å². The number of hydrogen-bond acceptors (Lipinski definition) is 2. The molecule has 1 aliphatic carbocycles. The molecule has 1 aliphatic heterocycles. The second-order valence-corrected chi connectivity index (χ2v) is 6.80. The minimum atomic E-state index is -0.599. The quantitative estimate of drug-likeness (QED) is 0.847. The Morgan fingerprint density at radius 1 is 1.32 bits per heavy atom. The topological polar surface area (TPSA) is 40.5 Å². The first-order valence-electron chi connectivity index (χ1n) is 8.01. The molecule has 3 heteroatoms. The number of likely N-dealkylation sites (tertiary alicyclic amines) is 1. The number of carboxylic acid groups (broad SMARTS) is 1. The fraction of sp³-hybridized carbons (Fsp3) is 0.938. The van der Waals surface area contributed by atoms with E-state index in [2.05, 4.69) is 18.7 Å². The van der Waals surface area contributed by atoms with Crippen molar-refractivity contribution in [1.82, 2.24) is 4.90 Å². The largest absolute Gasteiger partial charge is 0.480 e. The van der Waals surface area contributed by atoms with Gasteiger partial charge in [-0.2, -0.15) is 0 Å². The summed E-state index contributed by atoms with van der Waals surface area (Å²) in [6, 6.07) is 0.508. The molecule has 0 radical (unpaired) electrons. The number of nitrogens with zero attached hydrogens (tertiary/aromatic N) is 1. The maximum Gasteiger partial charge on any atom is 0.324 e. The fourth-order valence-corrected chi connectivity index (χ4v) is 4.27. The highest BCUT2D eigenvalue weighted by molar-refractivity contribution is 5.79. The van der Waals surface area contributed by atoms with Crippen LogP contribution in [-0.4, -0.2) is 34.1 Å². The summed E-state index contributed by atoms with van der Waals surface area (Å²) >= 11 is 0. The van der Waals surface area contributed by atoms with Crippen molar-refractivity contribution in [3.8, 4) is 0 Å². The molecule has 0 aromatic carbocycles. The van der Waals surface area contributed by atoms with Crippen LogP contribution in [-0.2, 0) is 4.79 Å². The van der Waals surface area contributed by atoms with Crippen molar-refractivity contribution in [1.29, 1.82) is 0 Å². The summed E-state index contributed by atoms with van der Waals surface area (Å²) in [5.41, 5.74) is -0.560. The molecule has 19 heavy (non-hydrogen) atoms. The van der Waals surface area contributed by atoms with Gasteiger partial charge < -0.3 is 5.11 Å². The van der Waals surface area contributed by atoms with Crippen molar-refractivity contribution in [3.05, 3.63) is 0 Å². The highest BCUT2D eigenvalue weighted by atomic mass is 16.4. The van der Waals surface area contributed by atoms with Crippen molar-refractivity contribution in [2.75, 3.05) is 6.54 Å². The number of aliphatic carboxylic acids is 1. The lowest BCUT2D eigenvalue weighted by molar-refractivity contribution is -0.152. The summed E-state index contributed by atoms with van der Waals surface area (Å²) in [5, 5.41) is 9.66. The van der Waals surface area contributed by atoms with Gasteiger partial charge in [-0.3, -0.25) is 9.69 Å². The predicted molar refractivity (Wildman–Crippen MR) is 77.2 cm³/mol. The van der Waals surface area contributed by atoms with Crippen LogP contribution in [0.3, 0.4) is 0 Å². The van der Waals surface area contributed by atoms with Crippen molar-refractivity contribution in [2.24, 2.45) is 11.8 Å². The monoisotopic (exact) mass is 267 g/mol. The van der Waals surface area contributed by atoms with Gasteiger partial charge >= 0.3 is 5.97 Å². The van der Waals surface area contributed by atoms with Gasteiger partial charge in [-0.15, -0.1) is 0 Å².